The van der Waals surface area contributed by atoms with Crippen LogP contribution in [-0.2, 0) is 4.79 Å². The summed E-state index contributed by atoms with van der Waals surface area (Å²) in [5.41, 5.74) is 7.84. The van der Waals surface area contributed by atoms with Gasteiger partial charge >= 0.3 is 6.03 Å². The molecule has 1 fully saturated rings. The molecule has 1 aliphatic heterocycles. The number of carbonyl (C=O) groups is 2. The number of nitrogen functional groups attached to an aromatic ring is 1. The zero-order valence-electron chi connectivity index (χ0n) is 10.1. The van der Waals surface area contributed by atoms with E-state index in [0.717, 1.165) is 5.39 Å². The molecule has 0 atom stereocenters. The smallest absolute Gasteiger partial charge is 0.328 e. The molecule has 2 heterocycles. The molecule has 3 amide bonds. The summed E-state index contributed by atoms with van der Waals surface area (Å²) in [6.07, 6.45) is 1.96. The zero-order chi connectivity index (χ0) is 13.4. The van der Waals surface area contributed by atoms with Crippen LogP contribution in [0.2, 0.25) is 0 Å². The van der Waals surface area contributed by atoms with Gasteiger partial charge in [-0.1, -0.05) is 6.07 Å². The molecule has 1 aliphatic rings. The van der Waals surface area contributed by atoms with Gasteiger partial charge in [0.25, 0.3) is 0 Å². The van der Waals surface area contributed by atoms with Crippen molar-refractivity contribution in [2.75, 3.05) is 17.2 Å². The van der Waals surface area contributed by atoms with E-state index in [9.17, 15) is 9.59 Å². The number of pyridine rings is 1. The summed E-state index contributed by atoms with van der Waals surface area (Å²) in [5, 5.41) is 3.15. The lowest BCUT2D eigenvalue weighted by atomic mass is 10.1. The maximum Gasteiger partial charge on any atom is 0.328 e. The third-order valence-corrected chi connectivity index (χ3v) is 3.08. The van der Waals surface area contributed by atoms with Gasteiger partial charge in [-0.15, -0.1) is 0 Å². The SMILES string of the molecule is Nc1cc(N2CCC(=O)NC2=O)cc2cccnc12. The predicted octanol–water partition coefficient (Wildman–Crippen LogP) is 1.26. The summed E-state index contributed by atoms with van der Waals surface area (Å²) in [4.78, 5) is 28.6. The Kier molecular flexibility index (Phi) is 2.56. The molecule has 0 aliphatic carbocycles. The number of nitrogens with zero attached hydrogens (tertiary/aromatic N) is 2. The van der Waals surface area contributed by atoms with Gasteiger partial charge in [-0.25, -0.2) is 4.79 Å². The molecule has 2 aromatic rings. The van der Waals surface area contributed by atoms with Crippen molar-refractivity contribution >= 4 is 34.2 Å². The lowest BCUT2D eigenvalue weighted by Gasteiger charge is -2.27. The number of benzene rings is 1. The molecule has 6 nitrogen and oxygen atoms in total. The van der Waals surface area contributed by atoms with E-state index in [0.29, 0.717) is 23.4 Å². The lowest BCUT2D eigenvalue weighted by molar-refractivity contribution is -0.120. The van der Waals surface area contributed by atoms with Gasteiger partial charge in [0, 0.05) is 30.2 Å². The fourth-order valence-corrected chi connectivity index (χ4v) is 2.17. The Balaban J connectivity index is 2.06. The second-order valence-electron chi connectivity index (χ2n) is 4.37. The second kappa shape index (κ2) is 4.24. The highest BCUT2D eigenvalue weighted by molar-refractivity contribution is 6.07. The van der Waals surface area contributed by atoms with E-state index in [-0.39, 0.29) is 12.3 Å². The molecular formula is C13H12N4O2. The quantitative estimate of drug-likeness (QED) is 0.752. The maximum atomic E-state index is 11.8. The number of amides is 3. The Hall–Kier alpha value is -2.63. The molecule has 0 unspecified atom stereocenters. The molecule has 0 saturated carbocycles. The van der Waals surface area contributed by atoms with Crippen LogP contribution in [0, 0.1) is 0 Å². The average Bonchev–Trinajstić information content (AvgIpc) is 2.38. The van der Waals surface area contributed by atoms with E-state index in [1.807, 2.05) is 18.2 Å². The highest BCUT2D eigenvalue weighted by Crippen LogP contribution is 2.27. The Morgan fingerprint density at radius 2 is 2.16 bits per heavy atom. The molecule has 1 aromatic carbocycles. The molecule has 19 heavy (non-hydrogen) atoms. The average molecular weight is 256 g/mol. The van der Waals surface area contributed by atoms with E-state index in [2.05, 4.69) is 10.3 Å². The number of urea groups is 1. The molecule has 0 spiro atoms. The number of hydrogen-bond acceptors (Lipinski definition) is 4. The number of carbonyl (C=O) groups excluding carboxylic acids is 2. The number of fused-ring (bicyclic) bond motifs is 1. The standard InChI is InChI=1S/C13H12N4O2/c14-10-7-9(6-8-2-1-4-15-12(8)10)17-5-3-11(18)16-13(17)19/h1-2,4,6-7H,3,5,14H2,(H,16,18,19). The summed E-state index contributed by atoms with van der Waals surface area (Å²) < 4.78 is 0. The van der Waals surface area contributed by atoms with Crippen molar-refractivity contribution in [3.63, 3.8) is 0 Å². The normalized spacial score (nSPS) is 15.7. The fraction of sp³-hybridized carbons (Fsp3) is 0.154. The number of imide groups is 1. The fourth-order valence-electron chi connectivity index (χ4n) is 2.17. The largest absolute Gasteiger partial charge is 0.397 e. The maximum absolute atomic E-state index is 11.8. The second-order valence-corrected chi connectivity index (χ2v) is 4.37. The Morgan fingerprint density at radius 3 is 2.95 bits per heavy atom. The number of hydrogen-bond donors (Lipinski definition) is 2. The van der Waals surface area contributed by atoms with E-state index in [4.69, 9.17) is 5.73 Å². The van der Waals surface area contributed by atoms with Crippen molar-refractivity contribution in [2.45, 2.75) is 6.42 Å². The third kappa shape index (κ3) is 1.97. The minimum atomic E-state index is -0.418. The van der Waals surface area contributed by atoms with Crippen LogP contribution in [-0.4, -0.2) is 23.5 Å². The first-order valence-corrected chi connectivity index (χ1v) is 5.91. The molecule has 3 rings (SSSR count). The first-order valence-electron chi connectivity index (χ1n) is 5.91. The van der Waals surface area contributed by atoms with Crippen LogP contribution in [0.25, 0.3) is 10.9 Å². The Morgan fingerprint density at radius 1 is 1.32 bits per heavy atom. The highest BCUT2D eigenvalue weighted by atomic mass is 16.2. The highest BCUT2D eigenvalue weighted by Gasteiger charge is 2.24. The van der Waals surface area contributed by atoms with E-state index >= 15 is 0 Å². The molecule has 1 saturated heterocycles. The lowest BCUT2D eigenvalue weighted by Crippen LogP contribution is -2.49. The van der Waals surface area contributed by atoms with E-state index in [1.54, 1.807) is 12.3 Å². The molecule has 0 bridgehead atoms. The third-order valence-electron chi connectivity index (χ3n) is 3.08. The van der Waals surface area contributed by atoms with Crippen LogP contribution in [0.5, 0.6) is 0 Å². The molecule has 3 N–H and O–H groups in total. The first-order chi connectivity index (χ1) is 9.15. The topological polar surface area (TPSA) is 88.3 Å². The van der Waals surface area contributed by atoms with Crippen LogP contribution >= 0.6 is 0 Å². The number of rotatable bonds is 1. The van der Waals surface area contributed by atoms with Gasteiger partial charge in [-0.2, -0.15) is 0 Å². The molecule has 6 heteroatoms. The van der Waals surface area contributed by atoms with Crippen LogP contribution in [0.3, 0.4) is 0 Å². The van der Waals surface area contributed by atoms with Crippen LogP contribution in [0.15, 0.2) is 30.5 Å². The number of aromatic nitrogens is 1. The van der Waals surface area contributed by atoms with Crippen LogP contribution < -0.4 is 16.0 Å². The zero-order valence-corrected chi connectivity index (χ0v) is 10.1. The number of nitrogens with one attached hydrogen (secondary N) is 1. The molecule has 0 radical (unpaired) electrons. The van der Waals surface area contributed by atoms with Crippen molar-refractivity contribution in [1.82, 2.24) is 10.3 Å². The minimum Gasteiger partial charge on any atom is -0.397 e. The molecular weight excluding hydrogens is 244 g/mol. The Labute approximate surface area is 109 Å². The van der Waals surface area contributed by atoms with Gasteiger partial charge in [0.2, 0.25) is 5.91 Å². The van der Waals surface area contributed by atoms with Crippen molar-refractivity contribution in [1.29, 1.82) is 0 Å². The van der Waals surface area contributed by atoms with Crippen molar-refractivity contribution in [3.8, 4) is 0 Å². The summed E-state index contributed by atoms with van der Waals surface area (Å²) in [7, 11) is 0. The van der Waals surface area contributed by atoms with Gasteiger partial charge in [0.1, 0.15) is 0 Å². The predicted molar refractivity (Wildman–Crippen MR) is 71.7 cm³/mol. The van der Waals surface area contributed by atoms with E-state index in [1.165, 1.54) is 4.90 Å². The summed E-state index contributed by atoms with van der Waals surface area (Å²) in [5.74, 6) is -0.253. The van der Waals surface area contributed by atoms with Crippen molar-refractivity contribution in [2.24, 2.45) is 0 Å². The van der Waals surface area contributed by atoms with Crippen molar-refractivity contribution < 1.29 is 9.59 Å². The Bertz CT molecular complexity index is 683. The van der Waals surface area contributed by atoms with Crippen LogP contribution in [0.1, 0.15) is 6.42 Å². The monoisotopic (exact) mass is 256 g/mol. The summed E-state index contributed by atoms with van der Waals surface area (Å²) in [6, 6.07) is 6.82. The van der Waals surface area contributed by atoms with Gasteiger partial charge in [-0.05, 0) is 18.2 Å². The minimum absolute atomic E-state index is 0.253. The molecule has 96 valence electrons. The summed E-state index contributed by atoms with van der Waals surface area (Å²) >= 11 is 0. The van der Waals surface area contributed by atoms with Gasteiger partial charge < -0.3 is 5.73 Å². The molecule has 1 aromatic heterocycles. The van der Waals surface area contributed by atoms with Gasteiger partial charge in [0.15, 0.2) is 0 Å². The van der Waals surface area contributed by atoms with Crippen LogP contribution in [0.4, 0.5) is 16.2 Å². The summed E-state index contributed by atoms with van der Waals surface area (Å²) in [6.45, 7) is 0.357. The van der Waals surface area contributed by atoms with E-state index < -0.39 is 6.03 Å². The van der Waals surface area contributed by atoms with Crippen molar-refractivity contribution in [3.05, 3.63) is 30.5 Å². The number of anilines is 2. The number of nitrogens with two attached hydrogens (primary N) is 1. The van der Waals surface area contributed by atoms with Gasteiger partial charge in [-0.3, -0.25) is 20.0 Å². The first kappa shape index (κ1) is 11.5. The van der Waals surface area contributed by atoms with Gasteiger partial charge in [0.05, 0.1) is 11.2 Å².